The SMILES string of the molecule is c1ccc(-c2ccc(-c3nc(-c4ccccc4)nc(-c4ccc(-c5ccc(-n6c7ccccc7c7ccccc76)cc5)cc4)n3)cc2)cc1.c1ccc(-c2nc(-c3ccccc3)nc(-c3ccc(-c4ccc(-n5c6ccccc6c6ccccc65)cc4)cc3)n2)cc1.c1ccc(-c2nc(-c3ccccc3)nc(-c3ccc(-c4cccc(-n5c6ccccc6c6ccccc65)c4)cc3)n2)cc1. The first-order valence-electron chi connectivity index (χ1n) is 45.2. The molecule has 0 bridgehead atoms. The summed E-state index contributed by atoms with van der Waals surface area (Å²) in [5, 5.41) is 7.58. The van der Waals surface area contributed by atoms with Crippen LogP contribution in [0.1, 0.15) is 0 Å². The monoisotopic (exact) mass is 1730 g/mol. The number of para-hydroxylation sites is 6. The summed E-state index contributed by atoms with van der Waals surface area (Å²) >= 11 is 0. The fraction of sp³-hybridized carbons (Fsp3) is 0. The molecule has 0 atom stereocenters. The van der Waals surface area contributed by atoms with Gasteiger partial charge in [0.2, 0.25) is 0 Å². The van der Waals surface area contributed by atoms with E-state index in [9.17, 15) is 0 Å². The van der Waals surface area contributed by atoms with Gasteiger partial charge < -0.3 is 13.7 Å². The molecule has 0 aliphatic rings. The fourth-order valence-corrected chi connectivity index (χ4v) is 18.1. The van der Waals surface area contributed by atoms with Crippen molar-refractivity contribution in [1.29, 1.82) is 0 Å². The molecule has 0 saturated carbocycles. The number of hydrogen-bond donors (Lipinski definition) is 0. The molecule has 12 nitrogen and oxygen atoms in total. The van der Waals surface area contributed by atoms with Gasteiger partial charge in [-0.3, -0.25) is 0 Å². The van der Waals surface area contributed by atoms with Crippen molar-refractivity contribution in [3.63, 3.8) is 0 Å². The second-order valence-electron chi connectivity index (χ2n) is 33.2. The van der Waals surface area contributed by atoms with Crippen LogP contribution >= 0.6 is 0 Å². The summed E-state index contributed by atoms with van der Waals surface area (Å²) in [6.07, 6.45) is 0. The Hall–Kier alpha value is -18.4. The van der Waals surface area contributed by atoms with Crippen molar-refractivity contribution in [2.75, 3.05) is 0 Å². The maximum atomic E-state index is 4.97. The lowest BCUT2D eigenvalue weighted by molar-refractivity contribution is 1.07. The highest BCUT2D eigenvalue weighted by molar-refractivity contribution is 6.11. The molecule has 0 aliphatic heterocycles. The number of fused-ring (bicyclic) bond motifs is 9. The summed E-state index contributed by atoms with van der Waals surface area (Å²) in [7, 11) is 0. The van der Waals surface area contributed by atoms with Crippen LogP contribution in [-0.4, -0.2) is 58.6 Å². The van der Waals surface area contributed by atoms with E-state index in [4.69, 9.17) is 44.9 Å². The first-order chi connectivity index (χ1) is 66.9. The Bertz CT molecular complexity index is 8300. The maximum Gasteiger partial charge on any atom is 0.164 e. The maximum absolute atomic E-state index is 4.97. The number of rotatable bonds is 16. The smallest absolute Gasteiger partial charge is 0.164 e. The molecule has 25 aromatic rings. The van der Waals surface area contributed by atoms with Gasteiger partial charge in [0, 0.05) is 99.5 Å². The Morgan fingerprint density at radius 3 is 0.474 bits per heavy atom. The lowest BCUT2D eigenvalue weighted by Gasteiger charge is -2.11. The molecule has 634 valence electrons. The van der Waals surface area contributed by atoms with Crippen molar-refractivity contribution in [2.24, 2.45) is 0 Å². The van der Waals surface area contributed by atoms with Crippen LogP contribution < -0.4 is 0 Å². The molecule has 0 aliphatic carbocycles. The van der Waals surface area contributed by atoms with Crippen molar-refractivity contribution >= 4 is 65.4 Å². The highest BCUT2D eigenvalue weighted by atomic mass is 15.1. The predicted octanol–water partition coefficient (Wildman–Crippen LogP) is 30.6. The van der Waals surface area contributed by atoms with Crippen molar-refractivity contribution < 1.29 is 0 Å². The largest absolute Gasteiger partial charge is 0.309 e. The van der Waals surface area contributed by atoms with E-state index in [2.05, 4.69) is 353 Å². The fourth-order valence-electron chi connectivity index (χ4n) is 18.1. The molecule has 0 spiro atoms. The zero-order valence-corrected chi connectivity index (χ0v) is 73.2. The van der Waals surface area contributed by atoms with E-state index in [1.807, 2.05) is 158 Å². The molecular formula is C123H82N12. The van der Waals surface area contributed by atoms with Crippen LogP contribution in [0.25, 0.3) is 229 Å². The molecule has 6 aromatic heterocycles. The van der Waals surface area contributed by atoms with Gasteiger partial charge in [0.25, 0.3) is 0 Å². The molecule has 0 saturated heterocycles. The van der Waals surface area contributed by atoms with E-state index >= 15 is 0 Å². The summed E-state index contributed by atoms with van der Waals surface area (Å²) in [6.45, 7) is 0. The van der Waals surface area contributed by atoms with Gasteiger partial charge in [-0.2, -0.15) is 0 Å². The first-order valence-corrected chi connectivity index (χ1v) is 45.2. The molecule has 0 radical (unpaired) electrons. The minimum atomic E-state index is 0.643. The Morgan fingerprint density at radius 1 is 0.104 bits per heavy atom. The van der Waals surface area contributed by atoms with Gasteiger partial charge >= 0.3 is 0 Å². The third kappa shape index (κ3) is 16.4. The summed E-state index contributed by atoms with van der Waals surface area (Å²) in [5.74, 6) is 5.89. The highest BCUT2D eigenvalue weighted by Gasteiger charge is 2.21. The van der Waals surface area contributed by atoms with E-state index < -0.39 is 0 Å². The zero-order valence-electron chi connectivity index (χ0n) is 73.2. The van der Waals surface area contributed by atoms with Crippen LogP contribution in [0.3, 0.4) is 0 Å². The second kappa shape index (κ2) is 36.3. The standard InChI is InChI=1S/C45H30N4.2C39H26N4/c1-3-11-31(12-4-1)32-19-23-36(24-20-32)44-46-43(35-13-5-2-6-14-35)47-45(48-44)37-25-21-33(22-26-37)34-27-29-38(30-28-34)49-41-17-9-7-15-39(41)40-16-8-10-18-42(40)49;1-3-12-28(13-4-1)37-40-38(29-14-5-2-6-15-29)42-39(41-37)30-24-22-27(23-25-30)31-16-11-17-32(26-31)43-35-20-9-7-18-33(35)34-19-8-10-21-36(34)43;1-3-11-29(12-4-1)37-40-38(30-13-5-2-6-14-30)42-39(41-37)31-21-19-27(20-22-31)28-23-25-32(26-24-28)43-35-17-9-7-15-33(35)34-16-8-10-18-36(34)43/h1-30H;2*1-26H. The molecule has 0 amide bonds. The minimum Gasteiger partial charge on any atom is -0.309 e. The average Bonchev–Trinajstić information content (AvgIpc) is 1.61. The lowest BCUT2D eigenvalue weighted by atomic mass is 10.0. The molecule has 135 heavy (non-hydrogen) atoms. The topological polar surface area (TPSA) is 131 Å². The van der Waals surface area contributed by atoms with Crippen molar-refractivity contribution in [1.82, 2.24) is 58.6 Å². The quantitative estimate of drug-likeness (QED) is 0.0928. The van der Waals surface area contributed by atoms with Gasteiger partial charge in [-0.25, -0.2) is 44.9 Å². The molecule has 6 heterocycles. The Balaban J connectivity index is 0.000000114. The molecule has 0 unspecified atom stereocenters. The molecule has 0 fully saturated rings. The Morgan fingerprint density at radius 2 is 0.252 bits per heavy atom. The summed E-state index contributed by atoms with van der Waals surface area (Å²) in [6, 6.07) is 172. The first kappa shape index (κ1) is 81.1. The normalized spacial score (nSPS) is 11.3. The van der Waals surface area contributed by atoms with Crippen LogP contribution in [0.2, 0.25) is 0 Å². The number of nitrogens with zero attached hydrogens (tertiary/aromatic N) is 12. The average molecular weight is 1730 g/mol. The van der Waals surface area contributed by atoms with E-state index in [-0.39, 0.29) is 0 Å². The predicted molar refractivity (Wildman–Crippen MR) is 553 cm³/mol. The minimum absolute atomic E-state index is 0.643. The van der Waals surface area contributed by atoms with Crippen molar-refractivity contribution in [3.8, 4) is 164 Å². The zero-order chi connectivity index (χ0) is 89.8. The molecule has 0 N–H and O–H groups in total. The summed E-state index contributed by atoms with van der Waals surface area (Å²) < 4.78 is 7.03. The van der Waals surface area contributed by atoms with Crippen LogP contribution in [0.4, 0.5) is 0 Å². The summed E-state index contributed by atoms with van der Waals surface area (Å²) in [5.41, 5.74) is 28.4. The highest BCUT2D eigenvalue weighted by Crippen LogP contribution is 2.40. The van der Waals surface area contributed by atoms with Gasteiger partial charge in [-0.05, 0) is 117 Å². The van der Waals surface area contributed by atoms with Gasteiger partial charge in [-0.1, -0.05) is 425 Å². The van der Waals surface area contributed by atoms with Crippen molar-refractivity contribution in [2.45, 2.75) is 0 Å². The number of benzene rings is 19. The second-order valence-corrected chi connectivity index (χ2v) is 33.2. The van der Waals surface area contributed by atoms with E-state index in [0.717, 1.165) is 106 Å². The van der Waals surface area contributed by atoms with Crippen LogP contribution in [0, 0.1) is 0 Å². The lowest BCUT2D eigenvalue weighted by Crippen LogP contribution is -2.00. The van der Waals surface area contributed by atoms with E-state index in [1.165, 1.54) is 71.0 Å². The van der Waals surface area contributed by atoms with Crippen LogP contribution in [0.5, 0.6) is 0 Å². The molecule has 12 heteroatoms. The number of aromatic nitrogens is 12. The third-order valence-corrected chi connectivity index (χ3v) is 24.8. The molecule has 19 aromatic carbocycles. The summed E-state index contributed by atoms with van der Waals surface area (Å²) in [4.78, 5) is 43.9. The van der Waals surface area contributed by atoms with Crippen molar-refractivity contribution in [3.05, 3.63) is 497 Å². The van der Waals surface area contributed by atoms with E-state index in [0.29, 0.717) is 52.4 Å². The Kier molecular flexibility index (Phi) is 21.8. The Labute approximate surface area is 780 Å². The number of hydrogen-bond acceptors (Lipinski definition) is 9. The van der Waals surface area contributed by atoms with E-state index in [1.54, 1.807) is 0 Å². The van der Waals surface area contributed by atoms with Gasteiger partial charge in [0.1, 0.15) is 0 Å². The van der Waals surface area contributed by atoms with Gasteiger partial charge in [0.15, 0.2) is 52.4 Å². The third-order valence-electron chi connectivity index (χ3n) is 24.8. The molecule has 25 rings (SSSR count). The van der Waals surface area contributed by atoms with Gasteiger partial charge in [0.05, 0.1) is 33.1 Å². The van der Waals surface area contributed by atoms with Crippen LogP contribution in [0.15, 0.2) is 497 Å². The van der Waals surface area contributed by atoms with Crippen LogP contribution in [-0.2, 0) is 0 Å². The van der Waals surface area contributed by atoms with Gasteiger partial charge in [-0.15, -0.1) is 0 Å². The molecular weight excluding hydrogens is 1650 g/mol.